The number of nitrogens with one attached hydrogen (secondary N) is 1. The highest BCUT2D eigenvalue weighted by Gasteiger charge is 2.03. The highest BCUT2D eigenvalue weighted by atomic mass is 16.3. The van der Waals surface area contributed by atoms with E-state index >= 15 is 0 Å². The first-order chi connectivity index (χ1) is 7.15. The number of hydrogen-bond donors (Lipinski definition) is 2. The molecule has 0 saturated carbocycles. The largest absolute Gasteiger partial charge is 0.393 e. The molecule has 15 heavy (non-hydrogen) atoms. The van der Waals surface area contributed by atoms with E-state index in [-0.39, 0.29) is 6.10 Å². The van der Waals surface area contributed by atoms with Gasteiger partial charge >= 0.3 is 0 Å². The molecule has 0 aromatic carbocycles. The second-order valence-electron chi connectivity index (χ2n) is 3.91. The Morgan fingerprint density at radius 1 is 1.60 bits per heavy atom. The van der Waals surface area contributed by atoms with Gasteiger partial charge in [0.25, 0.3) is 0 Å². The molecule has 0 aliphatic heterocycles. The van der Waals surface area contributed by atoms with Crippen LogP contribution in [0.1, 0.15) is 31.0 Å². The molecule has 0 amide bonds. The quantitative estimate of drug-likeness (QED) is 0.690. The van der Waals surface area contributed by atoms with Crippen LogP contribution in [0.5, 0.6) is 0 Å². The summed E-state index contributed by atoms with van der Waals surface area (Å²) in [7, 11) is 1.94. The lowest BCUT2D eigenvalue weighted by atomic mass is 10.2. The fourth-order valence-electron chi connectivity index (χ4n) is 1.41. The summed E-state index contributed by atoms with van der Waals surface area (Å²) in [5.74, 6) is 0. The lowest BCUT2D eigenvalue weighted by molar-refractivity contribution is 0.159. The monoisotopic (exact) mass is 211 g/mol. The molecular formula is C11H21N3O. The summed E-state index contributed by atoms with van der Waals surface area (Å²) in [6, 6.07) is 0. The van der Waals surface area contributed by atoms with Crippen LogP contribution in [0, 0.1) is 6.92 Å². The third kappa shape index (κ3) is 3.64. The van der Waals surface area contributed by atoms with Gasteiger partial charge in [0.2, 0.25) is 0 Å². The molecule has 1 atom stereocenters. The molecule has 4 heteroatoms. The fraction of sp³-hybridized carbons (Fsp3) is 0.727. The van der Waals surface area contributed by atoms with Crippen molar-refractivity contribution in [3.05, 3.63) is 17.5 Å². The number of nitrogens with zero attached hydrogens (tertiary/aromatic N) is 2. The zero-order valence-electron chi connectivity index (χ0n) is 9.82. The summed E-state index contributed by atoms with van der Waals surface area (Å²) in [6.07, 6.45) is 3.36. The van der Waals surface area contributed by atoms with Gasteiger partial charge in [0.15, 0.2) is 0 Å². The highest BCUT2D eigenvalue weighted by molar-refractivity contribution is 5.15. The van der Waals surface area contributed by atoms with Gasteiger partial charge in [-0.25, -0.2) is 0 Å². The van der Waals surface area contributed by atoms with Crippen LogP contribution < -0.4 is 5.32 Å². The van der Waals surface area contributed by atoms with E-state index in [1.807, 2.05) is 24.9 Å². The summed E-state index contributed by atoms with van der Waals surface area (Å²) < 4.78 is 1.87. The molecule has 2 N–H and O–H groups in total. The first-order valence-electron chi connectivity index (χ1n) is 5.51. The SMILES string of the molecule is CCC(O)CCNCc1cnn(C)c1C. The minimum Gasteiger partial charge on any atom is -0.393 e. The number of rotatable bonds is 6. The minimum atomic E-state index is -0.174. The summed E-state index contributed by atoms with van der Waals surface area (Å²) in [4.78, 5) is 0. The maximum absolute atomic E-state index is 9.36. The number of hydrogen-bond acceptors (Lipinski definition) is 3. The molecule has 4 nitrogen and oxygen atoms in total. The first kappa shape index (κ1) is 12.2. The lowest BCUT2D eigenvalue weighted by Crippen LogP contribution is -2.20. The van der Waals surface area contributed by atoms with Crippen molar-refractivity contribution in [2.24, 2.45) is 7.05 Å². The van der Waals surface area contributed by atoms with Crippen molar-refractivity contribution in [3.63, 3.8) is 0 Å². The fourth-order valence-corrected chi connectivity index (χ4v) is 1.41. The zero-order chi connectivity index (χ0) is 11.3. The van der Waals surface area contributed by atoms with Crippen molar-refractivity contribution < 1.29 is 5.11 Å². The minimum absolute atomic E-state index is 0.174. The van der Waals surface area contributed by atoms with Gasteiger partial charge in [0, 0.05) is 24.8 Å². The lowest BCUT2D eigenvalue weighted by Gasteiger charge is -2.08. The van der Waals surface area contributed by atoms with Crippen molar-refractivity contribution in [2.45, 2.75) is 39.3 Å². The van der Waals surface area contributed by atoms with Crippen LogP contribution in [0.25, 0.3) is 0 Å². The molecule has 0 spiro atoms. The van der Waals surface area contributed by atoms with Crippen LogP contribution in [0.4, 0.5) is 0 Å². The van der Waals surface area contributed by atoms with Crippen molar-refractivity contribution in [1.82, 2.24) is 15.1 Å². The third-order valence-corrected chi connectivity index (χ3v) is 2.78. The normalized spacial score (nSPS) is 13.1. The average molecular weight is 211 g/mol. The van der Waals surface area contributed by atoms with Crippen LogP contribution in [-0.4, -0.2) is 27.5 Å². The smallest absolute Gasteiger partial charge is 0.0549 e. The Kier molecular flexibility index (Phi) is 4.78. The topological polar surface area (TPSA) is 50.1 Å². The summed E-state index contributed by atoms with van der Waals surface area (Å²) in [5, 5.41) is 16.8. The van der Waals surface area contributed by atoms with E-state index in [0.717, 1.165) is 25.9 Å². The third-order valence-electron chi connectivity index (χ3n) is 2.78. The molecular weight excluding hydrogens is 190 g/mol. The van der Waals surface area contributed by atoms with Gasteiger partial charge in [0.05, 0.1) is 12.3 Å². The number of aliphatic hydroxyl groups is 1. The van der Waals surface area contributed by atoms with Crippen LogP contribution in [0.2, 0.25) is 0 Å². The van der Waals surface area contributed by atoms with Crippen LogP contribution in [-0.2, 0) is 13.6 Å². The Morgan fingerprint density at radius 2 is 2.33 bits per heavy atom. The maximum Gasteiger partial charge on any atom is 0.0549 e. The molecule has 0 bridgehead atoms. The molecule has 1 rings (SSSR count). The highest BCUT2D eigenvalue weighted by Crippen LogP contribution is 2.04. The number of aromatic nitrogens is 2. The van der Waals surface area contributed by atoms with Gasteiger partial charge in [0.1, 0.15) is 0 Å². The van der Waals surface area contributed by atoms with Crippen molar-refractivity contribution in [1.29, 1.82) is 0 Å². The summed E-state index contributed by atoms with van der Waals surface area (Å²) in [5.41, 5.74) is 2.42. The Morgan fingerprint density at radius 3 is 2.87 bits per heavy atom. The summed E-state index contributed by atoms with van der Waals surface area (Å²) >= 11 is 0. The van der Waals surface area contributed by atoms with Gasteiger partial charge < -0.3 is 10.4 Å². The zero-order valence-corrected chi connectivity index (χ0v) is 9.82. The molecule has 1 aromatic heterocycles. The van der Waals surface area contributed by atoms with E-state index in [1.54, 1.807) is 0 Å². The number of aliphatic hydroxyl groups excluding tert-OH is 1. The van der Waals surface area contributed by atoms with Crippen LogP contribution in [0.3, 0.4) is 0 Å². The molecule has 0 saturated heterocycles. The molecule has 0 aliphatic carbocycles. The summed E-state index contributed by atoms with van der Waals surface area (Å²) in [6.45, 7) is 5.74. The van der Waals surface area contributed by atoms with Crippen molar-refractivity contribution in [3.8, 4) is 0 Å². The van der Waals surface area contributed by atoms with Crippen LogP contribution in [0.15, 0.2) is 6.20 Å². The second kappa shape index (κ2) is 5.88. The average Bonchev–Trinajstić information content (AvgIpc) is 2.55. The predicted octanol–water partition coefficient (Wildman–Crippen LogP) is 0.979. The molecule has 1 heterocycles. The van der Waals surface area contributed by atoms with E-state index in [0.29, 0.717) is 0 Å². The Balaban J connectivity index is 2.23. The van der Waals surface area contributed by atoms with Crippen LogP contribution >= 0.6 is 0 Å². The molecule has 86 valence electrons. The Bertz CT molecular complexity index is 296. The Labute approximate surface area is 91.3 Å². The second-order valence-corrected chi connectivity index (χ2v) is 3.91. The van der Waals surface area contributed by atoms with Crippen molar-refractivity contribution >= 4 is 0 Å². The molecule has 1 aromatic rings. The molecule has 1 unspecified atom stereocenters. The van der Waals surface area contributed by atoms with E-state index in [4.69, 9.17) is 0 Å². The van der Waals surface area contributed by atoms with E-state index < -0.39 is 0 Å². The first-order valence-corrected chi connectivity index (χ1v) is 5.51. The Hall–Kier alpha value is -0.870. The predicted molar refractivity (Wildman–Crippen MR) is 60.6 cm³/mol. The van der Waals surface area contributed by atoms with E-state index in [2.05, 4.69) is 17.3 Å². The van der Waals surface area contributed by atoms with Gasteiger partial charge in [-0.1, -0.05) is 6.92 Å². The molecule has 0 aliphatic rings. The van der Waals surface area contributed by atoms with Gasteiger partial charge in [-0.05, 0) is 26.3 Å². The molecule has 0 radical (unpaired) electrons. The standard InChI is InChI=1S/C11H21N3O/c1-4-11(15)5-6-12-7-10-8-13-14(3)9(10)2/h8,11-12,15H,4-7H2,1-3H3. The van der Waals surface area contributed by atoms with Crippen molar-refractivity contribution in [2.75, 3.05) is 6.54 Å². The van der Waals surface area contributed by atoms with E-state index in [9.17, 15) is 5.11 Å². The van der Waals surface area contributed by atoms with Gasteiger partial charge in [-0.3, -0.25) is 4.68 Å². The number of aryl methyl sites for hydroxylation is 1. The van der Waals surface area contributed by atoms with Gasteiger partial charge in [-0.15, -0.1) is 0 Å². The van der Waals surface area contributed by atoms with Gasteiger partial charge in [-0.2, -0.15) is 5.10 Å². The molecule has 0 fully saturated rings. The maximum atomic E-state index is 9.36. The van der Waals surface area contributed by atoms with E-state index in [1.165, 1.54) is 11.3 Å².